The van der Waals surface area contributed by atoms with Gasteiger partial charge in [0.05, 0.1) is 5.69 Å². The third-order valence-electron chi connectivity index (χ3n) is 6.17. The van der Waals surface area contributed by atoms with Gasteiger partial charge in [-0.1, -0.05) is 68.4 Å². The molecule has 1 aliphatic carbocycles. The van der Waals surface area contributed by atoms with Gasteiger partial charge in [0.1, 0.15) is 0 Å². The second kappa shape index (κ2) is 7.66. The van der Waals surface area contributed by atoms with Crippen LogP contribution < -0.4 is 0 Å². The van der Waals surface area contributed by atoms with Crippen LogP contribution in [-0.4, -0.2) is 15.8 Å². The minimum Gasteiger partial charge on any atom is -0.358 e. The SMILES string of the molecule is CC1(C)CC(=O)c2c([nH]c(-c3ccncc3)c2Cc2ccc(-c3ccccc3)cc2)C1. The lowest BCUT2D eigenvalue weighted by Gasteiger charge is -2.28. The van der Waals surface area contributed by atoms with Crippen LogP contribution >= 0.6 is 0 Å². The molecule has 3 heteroatoms. The Labute approximate surface area is 183 Å². The molecule has 0 radical (unpaired) electrons. The van der Waals surface area contributed by atoms with Crippen LogP contribution in [0.1, 0.15) is 47.4 Å². The molecule has 2 aromatic carbocycles. The molecule has 0 bridgehead atoms. The van der Waals surface area contributed by atoms with Crippen molar-refractivity contribution in [3.8, 4) is 22.4 Å². The normalized spacial score (nSPS) is 15.0. The number of Topliss-reactive ketones (excluding diaryl/α,β-unsaturated/α-hetero) is 1. The van der Waals surface area contributed by atoms with Gasteiger partial charge in [-0.2, -0.15) is 0 Å². The lowest BCUT2D eigenvalue weighted by Crippen LogP contribution is -2.27. The summed E-state index contributed by atoms with van der Waals surface area (Å²) in [5, 5.41) is 0. The summed E-state index contributed by atoms with van der Waals surface area (Å²) in [6.45, 7) is 4.34. The number of fused-ring (bicyclic) bond motifs is 1. The van der Waals surface area contributed by atoms with Gasteiger partial charge in [-0.15, -0.1) is 0 Å². The molecule has 3 nitrogen and oxygen atoms in total. The molecule has 0 saturated heterocycles. The number of hydrogen-bond donors (Lipinski definition) is 1. The molecular weight excluding hydrogens is 380 g/mol. The van der Waals surface area contributed by atoms with E-state index in [2.05, 4.69) is 72.3 Å². The van der Waals surface area contributed by atoms with E-state index >= 15 is 0 Å². The Morgan fingerprint density at radius 2 is 1.52 bits per heavy atom. The van der Waals surface area contributed by atoms with Crippen LogP contribution in [0.15, 0.2) is 79.1 Å². The monoisotopic (exact) mass is 406 g/mol. The molecule has 4 aromatic rings. The summed E-state index contributed by atoms with van der Waals surface area (Å²) < 4.78 is 0. The fourth-order valence-corrected chi connectivity index (χ4v) is 4.72. The second-order valence-corrected chi connectivity index (χ2v) is 9.25. The van der Waals surface area contributed by atoms with Gasteiger partial charge in [0.25, 0.3) is 0 Å². The van der Waals surface area contributed by atoms with E-state index < -0.39 is 0 Å². The van der Waals surface area contributed by atoms with Crippen molar-refractivity contribution < 1.29 is 4.79 Å². The molecule has 31 heavy (non-hydrogen) atoms. The number of aromatic nitrogens is 2. The lowest BCUT2D eigenvalue weighted by molar-refractivity contribution is 0.0911. The summed E-state index contributed by atoms with van der Waals surface area (Å²) in [6, 6.07) is 23.1. The molecule has 0 fully saturated rings. The number of benzene rings is 2. The summed E-state index contributed by atoms with van der Waals surface area (Å²) >= 11 is 0. The summed E-state index contributed by atoms with van der Waals surface area (Å²) in [5.74, 6) is 0.249. The van der Waals surface area contributed by atoms with Crippen molar-refractivity contribution in [1.29, 1.82) is 0 Å². The molecular formula is C28H26N2O. The molecule has 0 saturated carbocycles. The van der Waals surface area contributed by atoms with E-state index in [1.54, 1.807) is 12.4 Å². The van der Waals surface area contributed by atoms with Crippen LogP contribution in [-0.2, 0) is 12.8 Å². The summed E-state index contributed by atoms with van der Waals surface area (Å²) in [7, 11) is 0. The molecule has 0 amide bonds. The Balaban J connectivity index is 1.55. The van der Waals surface area contributed by atoms with Crippen molar-refractivity contribution in [2.24, 2.45) is 5.41 Å². The third kappa shape index (κ3) is 3.84. The number of nitrogens with one attached hydrogen (secondary N) is 1. The van der Waals surface area contributed by atoms with Gasteiger partial charge >= 0.3 is 0 Å². The zero-order chi connectivity index (χ0) is 21.4. The Morgan fingerprint density at radius 1 is 0.839 bits per heavy atom. The highest BCUT2D eigenvalue weighted by atomic mass is 16.1. The predicted molar refractivity (Wildman–Crippen MR) is 125 cm³/mol. The molecule has 0 spiro atoms. The van der Waals surface area contributed by atoms with E-state index in [4.69, 9.17) is 0 Å². The second-order valence-electron chi connectivity index (χ2n) is 9.25. The van der Waals surface area contributed by atoms with E-state index in [0.29, 0.717) is 6.42 Å². The molecule has 1 aliphatic rings. The zero-order valence-electron chi connectivity index (χ0n) is 18.0. The van der Waals surface area contributed by atoms with Crippen molar-refractivity contribution in [3.63, 3.8) is 0 Å². The highest BCUT2D eigenvalue weighted by molar-refractivity contribution is 6.02. The number of pyridine rings is 1. The standard InChI is InChI=1S/C28H26N2O/c1-28(2)17-24-26(25(31)18-28)23(27(30-24)22-12-14-29-15-13-22)16-19-8-10-21(11-9-19)20-6-4-3-5-7-20/h3-15,30H,16-18H2,1-2H3. The fraction of sp³-hybridized carbons (Fsp3) is 0.214. The van der Waals surface area contributed by atoms with E-state index in [1.807, 2.05) is 18.2 Å². The maximum atomic E-state index is 13.2. The molecule has 0 aliphatic heterocycles. The Morgan fingerprint density at radius 3 is 2.23 bits per heavy atom. The highest BCUT2D eigenvalue weighted by Crippen LogP contribution is 2.40. The molecule has 1 N–H and O–H groups in total. The lowest BCUT2D eigenvalue weighted by atomic mass is 9.75. The van der Waals surface area contributed by atoms with E-state index in [0.717, 1.165) is 40.9 Å². The number of hydrogen-bond acceptors (Lipinski definition) is 2. The van der Waals surface area contributed by atoms with Gasteiger partial charge in [0, 0.05) is 42.1 Å². The van der Waals surface area contributed by atoms with Crippen LogP contribution in [0.3, 0.4) is 0 Å². The number of carbonyl (C=O) groups excluding carboxylic acids is 1. The van der Waals surface area contributed by atoms with Crippen molar-refractivity contribution in [2.75, 3.05) is 0 Å². The third-order valence-corrected chi connectivity index (χ3v) is 6.17. The molecule has 5 rings (SSSR count). The maximum absolute atomic E-state index is 13.2. The van der Waals surface area contributed by atoms with Gasteiger partial charge in [-0.25, -0.2) is 0 Å². The van der Waals surface area contributed by atoms with Crippen molar-refractivity contribution in [2.45, 2.75) is 33.1 Å². The van der Waals surface area contributed by atoms with Gasteiger partial charge in [-0.05, 0) is 46.2 Å². The predicted octanol–water partition coefficient (Wildman–Crippen LogP) is 6.49. The summed E-state index contributed by atoms with van der Waals surface area (Å²) in [6.07, 6.45) is 5.82. The van der Waals surface area contributed by atoms with E-state index in [-0.39, 0.29) is 11.2 Å². The number of aromatic amines is 1. The van der Waals surface area contributed by atoms with Crippen molar-refractivity contribution >= 4 is 5.78 Å². The molecule has 2 aromatic heterocycles. The average Bonchev–Trinajstić information content (AvgIpc) is 3.12. The van der Waals surface area contributed by atoms with Crippen LogP contribution in [0.4, 0.5) is 0 Å². The van der Waals surface area contributed by atoms with Crippen LogP contribution in [0.5, 0.6) is 0 Å². The zero-order valence-corrected chi connectivity index (χ0v) is 18.0. The summed E-state index contributed by atoms with van der Waals surface area (Å²) in [4.78, 5) is 20.9. The van der Waals surface area contributed by atoms with Gasteiger partial charge < -0.3 is 4.98 Å². The number of nitrogens with zero attached hydrogens (tertiary/aromatic N) is 1. The van der Waals surface area contributed by atoms with Gasteiger partial charge in [0.15, 0.2) is 5.78 Å². The quantitative estimate of drug-likeness (QED) is 0.421. The first kappa shape index (κ1) is 19.5. The topological polar surface area (TPSA) is 45.8 Å². The average molecular weight is 407 g/mol. The van der Waals surface area contributed by atoms with Crippen molar-refractivity contribution in [1.82, 2.24) is 9.97 Å². The Kier molecular flexibility index (Phi) is 4.82. The minimum atomic E-state index is -0.0148. The van der Waals surface area contributed by atoms with Crippen LogP contribution in [0.25, 0.3) is 22.4 Å². The van der Waals surface area contributed by atoms with Gasteiger partial charge in [0.2, 0.25) is 0 Å². The first-order chi connectivity index (χ1) is 15.0. The Bertz CT molecular complexity index is 1220. The van der Waals surface area contributed by atoms with E-state index in [9.17, 15) is 4.79 Å². The number of rotatable bonds is 4. The minimum absolute atomic E-state index is 0.0148. The number of ketones is 1. The van der Waals surface area contributed by atoms with Crippen molar-refractivity contribution in [3.05, 3.63) is 102 Å². The number of H-pyrrole nitrogens is 1. The number of carbonyl (C=O) groups is 1. The van der Waals surface area contributed by atoms with Crippen LogP contribution in [0, 0.1) is 5.41 Å². The molecule has 0 atom stereocenters. The first-order valence-corrected chi connectivity index (χ1v) is 10.8. The molecule has 154 valence electrons. The molecule has 0 unspecified atom stereocenters. The Hall–Kier alpha value is -3.46. The fourth-order valence-electron chi connectivity index (χ4n) is 4.72. The first-order valence-electron chi connectivity index (χ1n) is 10.8. The summed E-state index contributed by atoms with van der Waals surface area (Å²) in [5.41, 5.74) is 8.80. The molecule has 2 heterocycles. The van der Waals surface area contributed by atoms with Gasteiger partial charge in [-0.3, -0.25) is 9.78 Å². The van der Waals surface area contributed by atoms with Crippen LogP contribution in [0.2, 0.25) is 0 Å². The maximum Gasteiger partial charge on any atom is 0.165 e. The smallest absolute Gasteiger partial charge is 0.165 e. The highest BCUT2D eigenvalue weighted by Gasteiger charge is 2.35. The van der Waals surface area contributed by atoms with E-state index in [1.165, 1.54) is 16.7 Å². The largest absolute Gasteiger partial charge is 0.358 e.